The number of hydrogen-bond donors (Lipinski definition) is 2. The summed E-state index contributed by atoms with van der Waals surface area (Å²) in [6.45, 7) is 4.16. The first-order valence-electron chi connectivity index (χ1n) is 3.83. The minimum atomic E-state index is -0.0431. The van der Waals surface area contributed by atoms with Gasteiger partial charge in [0.1, 0.15) is 9.68 Å². The molecule has 0 spiro atoms. The van der Waals surface area contributed by atoms with Crippen molar-refractivity contribution in [3.8, 4) is 0 Å². The van der Waals surface area contributed by atoms with Crippen LogP contribution in [0.15, 0.2) is 0 Å². The van der Waals surface area contributed by atoms with E-state index in [0.29, 0.717) is 0 Å². The van der Waals surface area contributed by atoms with E-state index in [1.165, 1.54) is 6.17 Å². The van der Waals surface area contributed by atoms with Gasteiger partial charge in [0.25, 0.3) is 0 Å². The van der Waals surface area contributed by atoms with Crippen LogP contribution < -0.4 is 10.3 Å². The molecule has 0 fully saturated rings. The van der Waals surface area contributed by atoms with E-state index in [4.69, 9.17) is 0 Å². The van der Waals surface area contributed by atoms with Crippen LogP contribution in [0.4, 0.5) is 0 Å². The van der Waals surface area contributed by atoms with E-state index in [2.05, 4.69) is 36.2 Å². The Morgan fingerprint density at radius 1 is 1.40 bits per heavy atom. The van der Waals surface area contributed by atoms with Gasteiger partial charge in [0.2, 0.25) is 0 Å². The fourth-order valence-electron chi connectivity index (χ4n) is 0.604. The van der Waals surface area contributed by atoms with Gasteiger partial charge in [-0.05, 0) is 20.6 Å². The van der Waals surface area contributed by atoms with Crippen molar-refractivity contribution in [2.24, 2.45) is 0 Å². The van der Waals surface area contributed by atoms with Crippen molar-refractivity contribution in [2.45, 2.75) is 6.92 Å². The summed E-state index contributed by atoms with van der Waals surface area (Å²) in [6, 6.07) is 0. The molecule has 0 unspecified atom stereocenters. The third-order valence-electron chi connectivity index (χ3n) is 1.24. The standard InChI is InChI=1S/C6H19N3Si/c1-4-7-5-8-10-6-9(2)3/h7-8H,4-6,10H2,1-3H3. The van der Waals surface area contributed by atoms with Crippen molar-refractivity contribution in [1.82, 2.24) is 15.2 Å². The second-order valence-electron chi connectivity index (χ2n) is 2.58. The summed E-state index contributed by atoms with van der Waals surface area (Å²) < 4.78 is 0. The molecular weight excluding hydrogens is 142 g/mol. The maximum atomic E-state index is 3.40. The molecule has 0 radical (unpaired) electrons. The van der Waals surface area contributed by atoms with E-state index in [-0.39, 0.29) is 9.68 Å². The van der Waals surface area contributed by atoms with Crippen molar-refractivity contribution >= 4 is 9.68 Å². The van der Waals surface area contributed by atoms with Crippen LogP contribution >= 0.6 is 0 Å². The van der Waals surface area contributed by atoms with Crippen LogP contribution in [0.5, 0.6) is 0 Å². The molecule has 10 heavy (non-hydrogen) atoms. The maximum absolute atomic E-state index is 3.40. The van der Waals surface area contributed by atoms with Gasteiger partial charge >= 0.3 is 0 Å². The maximum Gasteiger partial charge on any atom is 0.107 e. The van der Waals surface area contributed by atoms with Crippen molar-refractivity contribution in [3.05, 3.63) is 0 Å². The Balaban J connectivity index is 2.77. The average molecular weight is 161 g/mol. The molecule has 0 rings (SSSR count). The van der Waals surface area contributed by atoms with Crippen LogP contribution in [0.2, 0.25) is 0 Å². The number of hydrogen-bond acceptors (Lipinski definition) is 3. The lowest BCUT2D eigenvalue weighted by molar-refractivity contribution is 0.474. The van der Waals surface area contributed by atoms with Gasteiger partial charge in [-0.15, -0.1) is 0 Å². The normalized spacial score (nSPS) is 12.0. The lowest BCUT2D eigenvalue weighted by atomic mass is 10.8. The third-order valence-corrected chi connectivity index (χ3v) is 2.96. The van der Waals surface area contributed by atoms with E-state index in [9.17, 15) is 0 Å². The quantitative estimate of drug-likeness (QED) is 0.289. The minimum absolute atomic E-state index is 0.0431. The Morgan fingerprint density at radius 3 is 2.60 bits per heavy atom. The highest BCUT2D eigenvalue weighted by atomic mass is 28.2. The summed E-state index contributed by atoms with van der Waals surface area (Å²) >= 11 is 0. The van der Waals surface area contributed by atoms with Gasteiger partial charge in [-0.2, -0.15) is 0 Å². The first-order chi connectivity index (χ1) is 4.77. The molecule has 0 atom stereocenters. The molecule has 0 aliphatic rings. The fourth-order valence-corrected chi connectivity index (χ4v) is 1.56. The highest BCUT2D eigenvalue weighted by molar-refractivity contribution is 6.32. The van der Waals surface area contributed by atoms with Gasteiger partial charge in [0, 0.05) is 12.8 Å². The number of nitrogens with one attached hydrogen (secondary N) is 2. The Kier molecular flexibility index (Phi) is 7.28. The third kappa shape index (κ3) is 8.10. The first-order valence-corrected chi connectivity index (χ1v) is 5.54. The van der Waals surface area contributed by atoms with E-state index < -0.39 is 0 Å². The molecule has 0 saturated heterocycles. The predicted octanol–water partition coefficient (Wildman–Crippen LogP) is -1.25. The molecule has 2 N–H and O–H groups in total. The van der Waals surface area contributed by atoms with Crippen LogP contribution in [0.25, 0.3) is 0 Å². The van der Waals surface area contributed by atoms with Crippen LogP contribution in [0, 0.1) is 0 Å². The van der Waals surface area contributed by atoms with Crippen LogP contribution in [-0.4, -0.2) is 48.1 Å². The Labute approximate surface area is 66.1 Å². The predicted molar refractivity (Wildman–Crippen MR) is 48.8 cm³/mol. The molecule has 0 aromatic rings. The van der Waals surface area contributed by atoms with Gasteiger partial charge in [-0.25, -0.2) is 0 Å². The van der Waals surface area contributed by atoms with E-state index in [0.717, 1.165) is 13.2 Å². The summed E-state index contributed by atoms with van der Waals surface area (Å²) in [5, 5.41) is 3.23. The molecule has 0 heterocycles. The topological polar surface area (TPSA) is 27.3 Å². The smallest absolute Gasteiger partial charge is 0.107 e. The molecule has 0 aliphatic carbocycles. The molecule has 4 heteroatoms. The second-order valence-corrected chi connectivity index (χ2v) is 4.03. The minimum Gasteiger partial charge on any atom is -0.329 e. The lowest BCUT2D eigenvalue weighted by Crippen LogP contribution is -2.36. The van der Waals surface area contributed by atoms with Gasteiger partial charge in [0.15, 0.2) is 0 Å². The molecule has 3 nitrogen and oxygen atoms in total. The van der Waals surface area contributed by atoms with Crippen molar-refractivity contribution in [1.29, 1.82) is 0 Å². The molecule has 0 bridgehead atoms. The Morgan fingerprint density at radius 2 is 2.10 bits per heavy atom. The van der Waals surface area contributed by atoms with Crippen LogP contribution in [-0.2, 0) is 0 Å². The molecule has 0 aromatic carbocycles. The Bertz CT molecular complexity index is 68.0. The fraction of sp³-hybridized carbons (Fsp3) is 1.00. The lowest BCUT2D eigenvalue weighted by Gasteiger charge is -2.09. The largest absolute Gasteiger partial charge is 0.329 e. The number of nitrogens with zero attached hydrogens (tertiary/aromatic N) is 1. The van der Waals surface area contributed by atoms with Gasteiger partial charge < -0.3 is 15.2 Å². The highest BCUT2D eigenvalue weighted by Crippen LogP contribution is 1.65. The highest BCUT2D eigenvalue weighted by Gasteiger charge is 1.88. The average Bonchev–Trinajstić information content (AvgIpc) is 1.87. The van der Waals surface area contributed by atoms with Crippen molar-refractivity contribution in [3.63, 3.8) is 0 Å². The molecule has 62 valence electrons. The second kappa shape index (κ2) is 7.21. The molecule has 0 amide bonds. The zero-order chi connectivity index (χ0) is 7.82. The summed E-state index contributed by atoms with van der Waals surface area (Å²) in [4.78, 5) is 5.63. The summed E-state index contributed by atoms with van der Waals surface area (Å²) in [5.41, 5.74) is 0. The summed E-state index contributed by atoms with van der Waals surface area (Å²) in [5.74, 6) is 0. The summed E-state index contributed by atoms with van der Waals surface area (Å²) in [6.07, 6.45) is 1.24. The van der Waals surface area contributed by atoms with Gasteiger partial charge in [0.05, 0.1) is 0 Å². The van der Waals surface area contributed by atoms with E-state index in [1.807, 2.05) is 0 Å². The van der Waals surface area contributed by atoms with E-state index >= 15 is 0 Å². The number of rotatable bonds is 6. The zero-order valence-electron chi connectivity index (χ0n) is 7.28. The summed E-state index contributed by atoms with van der Waals surface area (Å²) in [7, 11) is 4.18. The molecule has 0 aromatic heterocycles. The van der Waals surface area contributed by atoms with Crippen molar-refractivity contribution in [2.75, 3.05) is 33.5 Å². The van der Waals surface area contributed by atoms with Crippen molar-refractivity contribution < 1.29 is 0 Å². The SMILES string of the molecule is CCNCN[SiH2]CN(C)C. The van der Waals surface area contributed by atoms with E-state index in [1.54, 1.807) is 0 Å². The van der Waals surface area contributed by atoms with Gasteiger partial charge in [-0.1, -0.05) is 6.92 Å². The first kappa shape index (κ1) is 10.1. The molecule has 0 aliphatic heterocycles. The van der Waals surface area contributed by atoms with Crippen LogP contribution in [0.3, 0.4) is 0 Å². The monoisotopic (exact) mass is 161 g/mol. The van der Waals surface area contributed by atoms with Crippen LogP contribution in [0.1, 0.15) is 6.92 Å². The zero-order valence-corrected chi connectivity index (χ0v) is 8.69. The molecular formula is C6H19N3Si. The van der Waals surface area contributed by atoms with Gasteiger partial charge in [-0.3, -0.25) is 0 Å². The Hall–Kier alpha value is 0.0969. The molecule has 0 saturated carbocycles.